The molecule has 0 aliphatic heterocycles. The molecule has 2 aromatic rings. The lowest BCUT2D eigenvalue weighted by Crippen LogP contribution is -2.43. The van der Waals surface area contributed by atoms with Crippen molar-refractivity contribution in [2.45, 2.75) is 77.4 Å². The van der Waals surface area contributed by atoms with Gasteiger partial charge in [0.05, 0.1) is 14.2 Å². The zero-order chi connectivity index (χ0) is 27.8. The predicted octanol–water partition coefficient (Wildman–Crippen LogP) is 5.62. The number of aliphatic hydroxyl groups excluding tert-OH is 1. The Balaban J connectivity index is 2.35. The Bertz CT molecular complexity index is 1080. The van der Waals surface area contributed by atoms with Crippen LogP contribution in [0.15, 0.2) is 48.5 Å². The maximum atomic E-state index is 13.6. The van der Waals surface area contributed by atoms with E-state index in [9.17, 15) is 13.5 Å². The molecule has 0 amide bonds. The van der Waals surface area contributed by atoms with E-state index in [-0.39, 0.29) is 13.1 Å². The minimum Gasteiger partial charge on any atom is -0.497 e. The fourth-order valence-corrected chi connectivity index (χ4v) is 11.8. The van der Waals surface area contributed by atoms with Crippen LogP contribution in [0.3, 0.4) is 0 Å². The monoisotopic (exact) mass is 545 g/mol. The van der Waals surface area contributed by atoms with Crippen LogP contribution < -0.4 is 9.47 Å². The molecule has 37 heavy (non-hydrogen) atoms. The summed E-state index contributed by atoms with van der Waals surface area (Å²) in [7, 11) is -2.75. The molecule has 0 fully saturated rings. The highest BCUT2D eigenvalue weighted by molar-refractivity contribution is 7.89. The molecule has 1 unspecified atom stereocenters. The molecule has 6 nitrogen and oxygen atoms in total. The summed E-state index contributed by atoms with van der Waals surface area (Å²) < 4.78 is 39.0. The van der Waals surface area contributed by atoms with E-state index < -0.39 is 30.0 Å². The molecule has 0 saturated carbocycles. The molecule has 1 N–H and O–H groups in total. The van der Waals surface area contributed by atoms with Crippen molar-refractivity contribution in [3.8, 4) is 23.0 Å². The van der Waals surface area contributed by atoms with Crippen LogP contribution in [-0.2, 0) is 23.1 Å². The third-order valence-corrected chi connectivity index (χ3v) is 15.2. The van der Waals surface area contributed by atoms with Gasteiger partial charge in [-0.05, 0) is 52.0 Å². The quantitative estimate of drug-likeness (QED) is 0.277. The summed E-state index contributed by atoms with van der Waals surface area (Å²) in [6.45, 7) is 13.5. The van der Waals surface area contributed by atoms with Gasteiger partial charge in [-0.25, -0.2) is 8.42 Å². The third kappa shape index (κ3) is 8.08. The van der Waals surface area contributed by atoms with Crippen molar-refractivity contribution in [3.63, 3.8) is 0 Å². The number of hydrogen-bond donors (Lipinski definition) is 1. The van der Waals surface area contributed by atoms with Crippen molar-refractivity contribution in [2.24, 2.45) is 0 Å². The molecule has 8 heteroatoms. The second kappa shape index (κ2) is 13.5. The van der Waals surface area contributed by atoms with E-state index in [2.05, 4.69) is 53.0 Å². The molecule has 0 heterocycles. The van der Waals surface area contributed by atoms with E-state index in [1.54, 1.807) is 14.2 Å². The first-order valence-corrected chi connectivity index (χ1v) is 16.6. The van der Waals surface area contributed by atoms with Crippen LogP contribution in [0.5, 0.6) is 11.5 Å². The fourth-order valence-electron chi connectivity index (χ4n) is 5.11. The molecule has 2 aromatic carbocycles. The number of hydrogen-bond acceptors (Lipinski definition) is 5. The van der Waals surface area contributed by atoms with Gasteiger partial charge in [0.2, 0.25) is 10.0 Å². The largest absolute Gasteiger partial charge is 0.497 e. The highest BCUT2D eigenvalue weighted by Crippen LogP contribution is 2.40. The van der Waals surface area contributed by atoms with Crippen LogP contribution in [0.4, 0.5) is 0 Å². The second-order valence-electron chi connectivity index (χ2n) is 10.4. The average Bonchev–Trinajstić information content (AvgIpc) is 2.84. The summed E-state index contributed by atoms with van der Waals surface area (Å²) >= 11 is 0. The smallest absolute Gasteiger partial charge is 0.218 e. The molecule has 0 aliphatic carbocycles. The summed E-state index contributed by atoms with van der Waals surface area (Å²) in [6, 6.07) is 14.6. The van der Waals surface area contributed by atoms with Gasteiger partial charge in [0, 0.05) is 13.1 Å². The minimum atomic E-state index is -3.84. The summed E-state index contributed by atoms with van der Waals surface area (Å²) in [5.74, 6) is 3.91. The van der Waals surface area contributed by atoms with Crippen molar-refractivity contribution >= 4 is 18.1 Å². The molecule has 0 radical (unpaired) electrons. The van der Waals surface area contributed by atoms with E-state index in [1.165, 1.54) is 4.31 Å². The van der Waals surface area contributed by atoms with Crippen LogP contribution in [0.25, 0.3) is 0 Å². The highest BCUT2D eigenvalue weighted by Gasteiger charge is 2.42. The summed E-state index contributed by atoms with van der Waals surface area (Å²) in [6.07, 6.45) is -1.26. The lowest BCUT2D eigenvalue weighted by atomic mass is 10.2. The maximum absolute atomic E-state index is 13.6. The van der Waals surface area contributed by atoms with Crippen molar-refractivity contribution in [1.29, 1.82) is 0 Å². The highest BCUT2D eigenvalue weighted by atomic mass is 32.2. The normalized spacial score (nSPS) is 13.1. The topological polar surface area (TPSA) is 76.1 Å². The standard InChI is InChI=1S/C29H43NO5SSi/c1-22(2)37(23(3)4,24(5)6)18-17-27(31)21-36(32,33)30(19-25-9-13-28(34-7)14-10-25)20-26-11-15-29(35-8)16-12-26/h9-16,22-24,27,31H,19-21H2,1-8H3. The first-order chi connectivity index (χ1) is 17.3. The predicted molar refractivity (Wildman–Crippen MR) is 154 cm³/mol. The van der Waals surface area contributed by atoms with Crippen LogP contribution in [-0.4, -0.2) is 52.0 Å². The molecule has 0 spiro atoms. The Labute approximate surface area is 225 Å². The molecule has 0 aliphatic rings. The van der Waals surface area contributed by atoms with E-state index in [1.807, 2.05) is 48.5 Å². The van der Waals surface area contributed by atoms with Crippen molar-refractivity contribution in [2.75, 3.05) is 20.0 Å². The number of rotatable bonds is 12. The van der Waals surface area contributed by atoms with Gasteiger partial charge in [-0.15, -0.1) is 5.54 Å². The summed E-state index contributed by atoms with van der Waals surface area (Å²) in [5, 5.41) is 10.8. The molecule has 0 aromatic heterocycles. The molecule has 0 saturated heterocycles. The summed E-state index contributed by atoms with van der Waals surface area (Å²) in [4.78, 5) is 0. The number of ether oxygens (including phenoxy) is 2. The molecule has 204 valence electrons. The van der Waals surface area contributed by atoms with Gasteiger partial charge in [-0.1, -0.05) is 71.7 Å². The maximum Gasteiger partial charge on any atom is 0.218 e. The van der Waals surface area contributed by atoms with E-state index in [0.717, 1.165) is 11.1 Å². The van der Waals surface area contributed by atoms with Gasteiger partial charge < -0.3 is 14.6 Å². The molecule has 0 bridgehead atoms. The minimum absolute atomic E-state index is 0.168. The van der Waals surface area contributed by atoms with Crippen molar-refractivity contribution < 1.29 is 23.0 Å². The number of methoxy groups -OCH3 is 2. The number of nitrogens with zero attached hydrogens (tertiary/aromatic N) is 1. The third-order valence-electron chi connectivity index (χ3n) is 7.12. The number of benzene rings is 2. The Morgan fingerprint density at radius 3 is 1.49 bits per heavy atom. The van der Waals surface area contributed by atoms with Gasteiger partial charge in [-0.2, -0.15) is 4.31 Å². The zero-order valence-electron chi connectivity index (χ0n) is 23.5. The van der Waals surface area contributed by atoms with Gasteiger partial charge >= 0.3 is 0 Å². The Morgan fingerprint density at radius 2 is 1.16 bits per heavy atom. The Hall–Kier alpha value is -2.31. The molecular weight excluding hydrogens is 502 g/mol. The van der Waals surface area contributed by atoms with E-state index in [0.29, 0.717) is 28.1 Å². The van der Waals surface area contributed by atoms with Crippen LogP contribution in [0, 0.1) is 11.5 Å². The Kier molecular flexibility index (Phi) is 11.3. The first kappa shape index (κ1) is 30.9. The summed E-state index contributed by atoms with van der Waals surface area (Å²) in [5.41, 5.74) is 6.27. The van der Waals surface area contributed by atoms with Crippen LogP contribution in [0.2, 0.25) is 16.6 Å². The fraction of sp³-hybridized carbons (Fsp3) is 0.517. The Morgan fingerprint density at radius 1 is 0.784 bits per heavy atom. The van der Waals surface area contributed by atoms with Gasteiger partial charge in [-0.3, -0.25) is 0 Å². The van der Waals surface area contributed by atoms with Crippen LogP contribution >= 0.6 is 0 Å². The molecule has 2 rings (SSSR count). The zero-order valence-corrected chi connectivity index (χ0v) is 25.3. The van der Waals surface area contributed by atoms with Gasteiger partial charge in [0.25, 0.3) is 0 Å². The lowest BCUT2D eigenvalue weighted by molar-refractivity contribution is 0.251. The average molecular weight is 546 g/mol. The van der Waals surface area contributed by atoms with Gasteiger partial charge in [0.15, 0.2) is 0 Å². The van der Waals surface area contributed by atoms with E-state index >= 15 is 0 Å². The van der Waals surface area contributed by atoms with Crippen LogP contribution in [0.1, 0.15) is 52.7 Å². The molecule has 1 atom stereocenters. The number of sulfonamides is 1. The van der Waals surface area contributed by atoms with Crippen molar-refractivity contribution in [3.05, 3.63) is 59.7 Å². The lowest BCUT2D eigenvalue weighted by Gasteiger charge is -2.38. The van der Waals surface area contributed by atoms with Crippen molar-refractivity contribution in [1.82, 2.24) is 4.31 Å². The second-order valence-corrected chi connectivity index (χ2v) is 18.0. The van der Waals surface area contributed by atoms with E-state index in [4.69, 9.17) is 9.47 Å². The number of aliphatic hydroxyl groups is 1. The SMILES string of the molecule is COc1ccc(CN(Cc2ccc(OC)cc2)S(=O)(=O)CC(O)C#C[Si](C(C)C)(C(C)C)C(C)C)cc1. The molecular formula is C29H43NO5SSi. The van der Waals surface area contributed by atoms with Gasteiger partial charge in [0.1, 0.15) is 31.4 Å². The first-order valence-electron chi connectivity index (χ1n) is 12.8.